The SMILES string of the molecule is COC(=O)[C@@H]1CC2(CCCC2)[C@@H]2CCC[C@@](N)(Cc3ccccc3)C(=O)N21. The average molecular weight is 370 g/mol. The van der Waals surface area contributed by atoms with Gasteiger partial charge in [0.25, 0.3) is 0 Å². The first-order valence-corrected chi connectivity index (χ1v) is 10.2. The second-order valence-electron chi connectivity index (χ2n) is 8.75. The number of hydrogen-bond acceptors (Lipinski definition) is 4. The highest BCUT2D eigenvalue weighted by Gasteiger charge is 2.59. The van der Waals surface area contributed by atoms with Crippen LogP contribution in [-0.4, -0.2) is 41.5 Å². The van der Waals surface area contributed by atoms with Gasteiger partial charge in [-0.1, -0.05) is 43.2 Å². The van der Waals surface area contributed by atoms with E-state index in [-0.39, 0.29) is 23.3 Å². The number of nitrogens with zero attached hydrogens (tertiary/aromatic N) is 1. The highest BCUT2D eigenvalue weighted by molar-refractivity contribution is 5.92. The van der Waals surface area contributed by atoms with Crippen molar-refractivity contribution in [3.63, 3.8) is 0 Å². The highest BCUT2D eigenvalue weighted by Crippen LogP contribution is 2.55. The molecule has 1 aromatic carbocycles. The number of hydrogen-bond donors (Lipinski definition) is 1. The summed E-state index contributed by atoms with van der Waals surface area (Å²) in [5, 5.41) is 0. The van der Waals surface area contributed by atoms with Crippen molar-refractivity contribution in [3.05, 3.63) is 35.9 Å². The quantitative estimate of drug-likeness (QED) is 0.831. The normalized spacial score (nSPS) is 32.4. The fourth-order valence-corrected chi connectivity index (χ4v) is 5.91. The summed E-state index contributed by atoms with van der Waals surface area (Å²) in [4.78, 5) is 28.2. The van der Waals surface area contributed by atoms with Crippen molar-refractivity contribution in [1.29, 1.82) is 0 Å². The zero-order chi connectivity index (χ0) is 19.1. The number of ether oxygens (including phenoxy) is 1. The maximum Gasteiger partial charge on any atom is 0.328 e. The molecule has 2 N–H and O–H groups in total. The molecule has 1 aliphatic carbocycles. The van der Waals surface area contributed by atoms with E-state index < -0.39 is 11.6 Å². The molecule has 3 fully saturated rings. The van der Waals surface area contributed by atoms with E-state index in [4.69, 9.17) is 10.5 Å². The minimum atomic E-state index is -0.952. The second-order valence-corrected chi connectivity index (χ2v) is 8.75. The van der Waals surface area contributed by atoms with Gasteiger partial charge in [-0.3, -0.25) is 4.79 Å². The summed E-state index contributed by atoms with van der Waals surface area (Å²) in [7, 11) is 1.42. The lowest BCUT2D eigenvalue weighted by atomic mass is 9.76. The van der Waals surface area contributed by atoms with Crippen LogP contribution in [-0.2, 0) is 20.7 Å². The van der Waals surface area contributed by atoms with Crippen molar-refractivity contribution in [2.24, 2.45) is 11.1 Å². The fourth-order valence-electron chi connectivity index (χ4n) is 5.91. The Kier molecular flexibility index (Phi) is 4.75. The van der Waals surface area contributed by atoms with Crippen LogP contribution >= 0.6 is 0 Å². The summed E-state index contributed by atoms with van der Waals surface area (Å²) in [6.45, 7) is 0. The van der Waals surface area contributed by atoms with Crippen molar-refractivity contribution in [1.82, 2.24) is 4.90 Å². The molecule has 5 nitrogen and oxygen atoms in total. The number of nitrogens with two attached hydrogens (primary N) is 1. The molecule has 5 heteroatoms. The maximum atomic E-state index is 13.7. The van der Waals surface area contributed by atoms with E-state index in [0.29, 0.717) is 12.8 Å². The number of fused-ring (bicyclic) bond motifs is 2. The first-order chi connectivity index (χ1) is 13.0. The standard InChI is InChI=1S/C22H30N2O3/c1-27-19(25)17-15-21(11-5-6-12-21)18-10-7-13-22(23,20(26)24(17)18)14-16-8-3-2-4-9-16/h2-4,8-9,17-18H,5-7,10-15,23H2,1H3/t17-,18-,22+/m0/s1. The van der Waals surface area contributed by atoms with Crippen molar-refractivity contribution in [3.8, 4) is 0 Å². The smallest absolute Gasteiger partial charge is 0.328 e. The monoisotopic (exact) mass is 370 g/mol. The zero-order valence-electron chi connectivity index (χ0n) is 16.2. The molecule has 1 aromatic rings. The van der Waals surface area contributed by atoms with Gasteiger partial charge in [0.15, 0.2) is 0 Å². The van der Waals surface area contributed by atoms with Gasteiger partial charge in [0, 0.05) is 6.04 Å². The van der Waals surface area contributed by atoms with Crippen LogP contribution in [0, 0.1) is 5.41 Å². The van der Waals surface area contributed by atoms with E-state index in [1.165, 1.54) is 20.0 Å². The molecule has 0 aromatic heterocycles. The fraction of sp³-hybridized carbons (Fsp3) is 0.636. The number of amides is 1. The van der Waals surface area contributed by atoms with Crippen LogP contribution in [0.3, 0.4) is 0 Å². The molecule has 3 atom stereocenters. The van der Waals surface area contributed by atoms with Crippen LogP contribution in [0.1, 0.15) is 56.9 Å². The van der Waals surface area contributed by atoms with Gasteiger partial charge >= 0.3 is 5.97 Å². The van der Waals surface area contributed by atoms with Crippen molar-refractivity contribution in [2.75, 3.05) is 7.11 Å². The van der Waals surface area contributed by atoms with Gasteiger partial charge in [-0.05, 0) is 55.9 Å². The highest BCUT2D eigenvalue weighted by atomic mass is 16.5. The largest absolute Gasteiger partial charge is 0.467 e. The maximum absolute atomic E-state index is 13.7. The number of carbonyl (C=O) groups excluding carboxylic acids is 2. The van der Waals surface area contributed by atoms with E-state index in [1.807, 2.05) is 35.2 Å². The molecule has 27 heavy (non-hydrogen) atoms. The Morgan fingerprint density at radius 2 is 1.89 bits per heavy atom. The topological polar surface area (TPSA) is 72.6 Å². The Morgan fingerprint density at radius 3 is 2.56 bits per heavy atom. The third-order valence-corrected chi connectivity index (χ3v) is 7.17. The molecule has 2 aliphatic heterocycles. The van der Waals surface area contributed by atoms with Gasteiger partial charge in [-0.25, -0.2) is 4.79 Å². The van der Waals surface area contributed by atoms with Crippen molar-refractivity contribution >= 4 is 11.9 Å². The molecule has 0 unspecified atom stereocenters. The number of esters is 1. The Labute approximate surface area is 161 Å². The Bertz CT molecular complexity index is 714. The van der Waals surface area contributed by atoms with Gasteiger partial charge in [0.1, 0.15) is 6.04 Å². The lowest BCUT2D eigenvalue weighted by Gasteiger charge is -2.37. The van der Waals surface area contributed by atoms with Gasteiger partial charge in [-0.2, -0.15) is 0 Å². The van der Waals surface area contributed by atoms with Crippen LogP contribution in [0.25, 0.3) is 0 Å². The summed E-state index contributed by atoms with van der Waals surface area (Å²) in [5.74, 6) is -0.353. The zero-order valence-corrected chi connectivity index (χ0v) is 16.2. The predicted octanol–water partition coefficient (Wildman–Crippen LogP) is 2.81. The molecule has 0 radical (unpaired) electrons. The first kappa shape index (κ1) is 18.5. The molecule has 1 amide bonds. The number of carbonyl (C=O) groups is 2. The molecule has 2 saturated heterocycles. The van der Waals surface area contributed by atoms with Crippen molar-refractivity contribution < 1.29 is 14.3 Å². The minimum Gasteiger partial charge on any atom is -0.467 e. The minimum absolute atomic E-state index is 0.0620. The Balaban J connectivity index is 1.69. The summed E-state index contributed by atoms with van der Waals surface area (Å²) < 4.78 is 5.09. The molecule has 2 heterocycles. The summed E-state index contributed by atoms with van der Waals surface area (Å²) in [6.07, 6.45) is 8.34. The van der Waals surface area contributed by atoms with E-state index in [9.17, 15) is 9.59 Å². The van der Waals surface area contributed by atoms with Gasteiger partial charge in [0.2, 0.25) is 5.91 Å². The van der Waals surface area contributed by atoms with Crippen LogP contribution in [0.4, 0.5) is 0 Å². The third kappa shape index (κ3) is 3.06. The number of rotatable bonds is 3. The Hall–Kier alpha value is -1.88. The van der Waals surface area contributed by atoms with E-state index in [1.54, 1.807) is 0 Å². The van der Waals surface area contributed by atoms with Gasteiger partial charge in [-0.15, -0.1) is 0 Å². The predicted molar refractivity (Wildman–Crippen MR) is 103 cm³/mol. The molecular formula is C22H30N2O3. The average Bonchev–Trinajstić information content (AvgIpc) is 3.24. The number of benzene rings is 1. The second kappa shape index (κ2) is 6.93. The van der Waals surface area contributed by atoms with E-state index >= 15 is 0 Å². The Morgan fingerprint density at radius 1 is 1.19 bits per heavy atom. The van der Waals surface area contributed by atoms with E-state index in [2.05, 4.69) is 0 Å². The summed E-state index contributed by atoms with van der Waals surface area (Å²) >= 11 is 0. The van der Waals surface area contributed by atoms with Crippen LogP contribution in [0.15, 0.2) is 30.3 Å². The molecule has 146 valence electrons. The van der Waals surface area contributed by atoms with Crippen LogP contribution in [0.2, 0.25) is 0 Å². The van der Waals surface area contributed by atoms with E-state index in [0.717, 1.165) is 37.7 Å². The third-order valence-electron chi connectivity index (χ3n) is 7.17. The molecule has 3 aliphatic rings. The van der Waals surface area contributed by atoms with Gasteiger partial charge < -0.3 is 15.4 Å². The molecule has 0 bridgehead atoms. The first-order valence-electron chi connectivity index (χ1n) is 10.2. The molecule has 4 rings (SSSR count). The van der Waals surface area contributed by atoms with Crippen molar-refractivity contribution in [2.45, 2.75) is 75.4 Å². The lowest BCUT2D eigenvalue weighted by molar-refractivity contribution is -0.154. The molecular weight excluding hydrogens is 340 g/mol. The summed E-state index contributed by atoms with van der Waals surface area (Å²) in [6, 6.07) is 9.59. The molecule has 1 spiro atoms. The molecule has 1 saturated carbocycles. The van der Waals surface area contributed by atoms with Crippen LogP contribution < -0.4 is 5.73 Å². The number of methoxy groups -OCH3 is 1. The lowest BCUT2D eigenvalue weighted by Crippen LogP contribution is -2.59. The van der Waals surface area contributed by atoms with Gasteiger partial charge in [0.05, 0.1) is 12.6 Å². The summed E-state index contributed by atoms with van der Waals surface area (Å²) in [5.41, 5.74) is 6.93. The van der Waals surface area contributed by atoms with Crippen LogP contribution in [0.5, 0.6) is 0 Å².